The minimum absolute atomic E-state index is 0.440. The van der Waals surface area contributed by atoms with Crippen LogP contribution in [0.5, 0.6) is 0 Å². The Bertz CT molecular complexity index is 722. The maximum atomic E-state index is 6.16. The quantitative estimate of drug-likeness (QED) is 0.690. The van der Waals surface area contributed by atoms with E-state index in [9.17, 15) is 0 Å². The molecule has 0 aliphatic rings. The SMILES string of the molecule is CN(Cc1ccoc1)Cc1nc(Cl)c2cnn(C)c2n1. The topological polar surface area (TPSA) is 60.0 Å². The minimum atomic E-state index is 0.440. The Morgan fingerprint density at radius 3 is 2.95 bits per heavy atom. The molecule has 0 aromatic carbocycles. The van der Waals surface area contributed by atoms with Gasteiger partial charge in [-0.15, -0.1) is 0 Å². The number of rotatable bonds is 4. The van der Waals surface area contributed by atoms with Gasteiger partial charge in [-0.3, -0.25) is 9.58 Å². The highest BCUT2D eigenvalue weighted by molar-refractivity contribution is 6.33. The first-order valence-corrected chi connectivity index (χ1v) is 6.55. The summed E-state index contributed by atoms with van der Waals surface area (Å²) in [5.74, 6) is 0.678. The highest BCUT2D eigenvalue weighted by atomic mass is 35.5. The molecule has 20 heavy (non-hydrogen) atoms. The third-order valence-corrected chi connectivity index (χ3v) is 3.32. The van der Waals surface area contributed by atoms with Crippen molar-refractivity contribution in [3.8, 4) is 0 Å². The van der Waals surface area contributed by atoms with E-state index in [4.69, 9.17) is 16.0 Å². The first-order chi connectivity index (χ1) is 9.63. The van der Waals surface area contributed by atoms with Gasteiger partial charge in [-0.1, -0.05) is 11.6 Å². The number of fused-ring (bicyclic) bond motifs is 1. The van der Waals surface area contributed by atoms with Crippen molar-refractivity contribution in [3.63, 3.8) is 0 Å². The van der Waals surface area contributed by atoms with Gasteiger partial charge in [0.2, 0.25) is 0 Å². The van der Waals surface area contributed by atoms with E-state index in [1.807, 2.05) is 20.2 Å². The lowest BCUT2D eigenvalue weighted by Gasteiger charge is -2.14. The number of aromatic nitrogens is 4. The molecule has 3 heterocycles. The van der Waals surface area contributed by atoms with Gasteiger partial charge < -0.3 is 4.42 Å². The van der Waals surface area contributed by atoms with Crippen molar-refractivity contribution in [2.75, 3.05) is 7.05 Å². The molecule has 3 aromatic heterocycles. The van der Waals surface area contributed by atoms with Crippen LogP contribution in [0.1, 0.15) is 11.4 Å². The molecule has 0 atom stereocenters. The monoisotopic (exact) mass is 291 g/mol. The Hall–Kier alpha value is -1.92. The van der Waals surface area contributed by atoms with Crippen LogP contribution in [0.15, 0.2) is 29.2 Å². The van der Waals surface area contributed by atoms with Crippen molar-refractivity contribution in [2.45, 2.75) is 13.1 Å². The van der Waals surface area contributed by atoms with Crippen LogP contribution in [0.25, 0.3) is 11.0 Å². The normalized spacial score (nSPS) is 11.6. The van der Waals surface area contributed by atoms with E-state index in [1.54, 1.807) is 23.4 Å². The average Bonchev–Trinajstić information content (AvgIpc) is 3.00. The molecule has 0 spiro atoms. The average molecular weight is 292 g/mol. The Labute approximate surface area is 121 Å². The summed E-state index contributed by atoms with van der Waals surface area (Å²) in [6, 6.07) is 1.94. The number of aryl methyl sites for hydroxylation is 1. The van der Waals surface area contributed by atoms with E-state index in [0.29, 0.717) is 17.5 Å². The Balaban J connectivity index is 1.81. The molecule has 3 aromatic rings. The number of nitrogens with zero attached hydrogens (tertiary/aromatic N) is 5. The molecule has 0 bridgehead atoms. The molecular weight excluding hydrogens is 278 g/mol. The second kappa shape index (κ2) is 5.22. The number of hydrogen-bond acceptors (Lipinski definition) is 5. The number of hydrogen-bond donors (Lipinski definition) is 0. The summed E-state index contributed by atoms with van der Waals surface area (Å²) in [5, 5.41) is 5.35. The van der Waals surface area contributed by atoms with Crippen LogP contribution in [0.2, 0.25) is 5.15 Å². The highest BCUT2D eigenvalue weighted by Crippen LogP contribution is 2.19. The molecule has 6 nitrogen and oxygen atoms in total. The zero-order valence-electron chi connectivity index (χ0n) is 11.2. The fourth-order valence-electron chi connectivity index (χ4n) is 2.09. The third kappa shape index (κ3) is 2.52. The predicted octanol–water partition coefficient (Wildman–Crippen LogP) is 2.24. The molecular formula is C13H14ClN5O. The second-order valence-electron chi connectivity index (χ2n) is 4.74. The fourth-order valence-corrected chi connectivity index (χ4v) is 2.32. The zero-order valence-corrected chi connectivity index (χ0v) is 12.0. The van der Waals surface area contributed by atoms with Gasteiger partial charge in [0.25, 0.3) is 0 Å². The minimum Gasteiger partial charge on any atom is -0.472 e. The van der Waals surface area contributed by atoms with Crippen LogP contribution >= 0.6 is 11.6 Å². The molecule has 0 aliphatic carbocycles. The van der Waals surface area contributed by atoms with Crippen molar-refractivity contribution < 1.29 is 4.42 Å². The summed E-state index contributed by atoms with van der Waals surface area (Å²) in [4.78, 5) is 10.9. The Kier molecular flexibility index (Phi) is 3.42. The van der Waals surface area contributed by atoms with Crippen LogP contribution in [0, 0.1) is 0 Å². The van der Waals surface area contributed by atoms with Crippen molar-refractivity contribution in [1.29, 1.82) is 0 Å². The van der Waals surface area contributed by atoms with E-state index in [-0.39, 0.29) is 0 Å². The maximum absolute atomic E-state index is 6.16. The Morgan fingerprint density at radius 1 is 1.35 bits per heavy atom. The van der Waals surface area contributed by atoms with Gasteiger partial charge in [0.15, 0.2) is 5.65 Å². The van der Waals surface area contributed by atoms with E-state index in [1.165, 1.54) is 0 Å². The molecule has 0 aliphatic heterocycles. The van der Waals surface area contributed by atoms with Gasteiger partial charge in [-0.05, 0) is 13.1 Å². The van der Waals surface area contributed by atoms with E-state index in [0.717, 1.165) is 23.1 Å². The molecule has 0 N–H and O–H groups in total. The first-order valence-electron chi connectivity index (χ1n) is 6.17. The molecule has 3 rings (SSSR count). The van der Waals surface area contributed by atoms with Crippen LogP contribution in [0.3, 0.4) is 0 Å². The molecule has 104 valence electrons. The molecule has 0 unspecified atom stereocenters. The molecule has 0 saturated heterocycles. The molecule has 0 saturated carbocycles. The summed E-state index contributed by atoms with van der Waals surface area (Å²) in [6.07, 6.45) is 5.07. The van der Waals surface area contributed by atoms with Crippen LogP contribution in [-0.4, -0.2) is 31.7 Å². The smallest absolute Gasteiger partial charge is 0.162 e. The maximum Gasteiger partial charge on any atom is 0.162 e. The summed E-state index contributed by atoms with van der Waals surface area (Å²) in [5.41, 5.74) is 1.86. The van der Waals surface area contributed by atoms with Crippen LogP contribution in [-0.2, 0) is 20.1 Å². The zero-order chi connectivity index (χ0) is 14.1. The lowest BCUT2D eigenvalue weighted by Crippen LogP contribution is -2.18. The van der Waals surface area contributed by atoms with Crippen LogP contribution < -0.4 is 0 Å². The van der Waals surface area contributed by atoms with Gasteiger partial charge >= 0.3 is 0 Å². The van der Waals surface area contributed by atoms with Gasteiger partial charge in [0.1, 0.15) is 11.0 Å². The van der Waals surface area contributed by atoms with Crippen LogP contribution in [0.4, 0.5) is 0 Å². The second-order valence-corrected chi connectivity index (χ2v) is 5.10. The van der Waals surface area contributed by atoms with E-state index in [2.05, 4.69) is 20.0 Å². The van der Waals surface area contributed by atoms with Crippen molar-refractivity contribution >= 4 is 22.6 Å². The summed E-state index contributed by atoms with van der Waals surface area (Å²) in [7, 11) is 3.84. The molecule has 0 fully saturated rings. The van der Waals surface area contributed by atoms with Crippen molar-refractivity contribution in [1.82, 2.24) is 24.6 Å². The summed E-state index contributed by atoms with van der Waals surface area (Å²) >= 11 is 6.16. The largest absolute Gasteiger partial charge is 0.472 e. The van der Waals surface area contributed by atoms with E-state index >= 15 is 0 Å². The summed E-state index contributed by atoms with van der Waals surface area (Å²) in [6.45, 7) is 1.37. The molecule has 0 amide bonds. The fraction of sp³-hybridized carbons (Fsp3) is 0.308. The lowest BCUT2D eigenvalue weighted by molar-refractivity contribution is 0.309. The van der Waals surface area contributed by atoms with Gasteiger partial charge in [0.05, 0.1) is 30.7 Å². The van der Waals surface area contributed by atoms with Gasteiger partial charge in [0, 0.05) is 19.2 Å². The van der Waals surface area contributed by atoms with E-state index < -0.39 is 0 Å². The standard InChI is InChI=1S/C13H14ClN5O/c1-18(6-9-3-4-20-8-9)7-11-16-12(14)10-5-15-19(2)13(10)17-11/h3-5,8H,6-7H2,1-2H3. The lowest BCUT2D eigenvalue weighted by atomic mass is 10.3. The molecule has 0 radical (unpaired) electrons. The van der Waals surface area contributed by atoms with Gasteiger partial charge in [-0.25, -0.2) is 9.97 Å². The van der Waals surface area contributed by atoms with Crippen molar-refractivity contribution in [2.24, 2.45) is 7.05 Å². The Morgan fingerprint density at radius 2 is 2.20 bits per heavy atom. The number of halogens is 1. The summed E-state index contributed by atoms with van der Waals surface area (Å²) < 4.78 is 6.75. The first kappa shape index (κ1) is 13.1. The van der Waals surface area contributed by atoms with Gasteiger partial charge in [-0.2, -0.15) is 5.10 Å². The van der Waals surface area contributed by atoms with Crippen molar-refractivity contribution in [3.05, 3.63) is 41.3 Å². The highest BCUT2D eigenvalue weighted by Gasteiger charge is 2.11. The predicted molar refractivity (Wildman–Crippen MR) is 75.2 cm³/mol. The third-order valence-electron chi connectivity index (χ3n) is 3.04. The number of furan rings is 1. The molecule has 7 heteroatoms.